The molecule has 0 heterocycles. The van der Waals surface area contributed by atoms with Crippen molar-refractivity contribution in [2.24, 2.45) is 0 Å². The number of carbonyl (C=O) groups is 2. The molecule has 0 radical (unpaired) electrons. The Morgan fingerprint density at radius 3 is 2.36 bits per heavy atom. The van der Waals surface area contributed by atoms with Crippen LogP contribution in [0.15, 0.2) is 24.3 Å². The van der Waals surface area contributed by atoms with Gasteiger partial charge in [0.25, 0.3) is 0 Å². The summed E-state index contributed by atoms with van der Waals surface area (Å²) in [6.45, 7) is 3.86. The van der Waals surface area contributed by atoms with E-state index < -0.39 is 0 Å². The highest BCUT2D eigenvalue weighted by Crippen LogP contribution is 2.15. The fourth-order valence-corrected chi connectivity index (χ4v) is 2.04. The summed E-state index contributed by atoms with van der Waals surface area (Å²) >= 11 is 5.05. The van der Waals surface area contributed by atoms with Crippen molar-refractivity contribution in [3.8, 4) is 0 Å². The molecule has 0 aliphatic carbocycles. The van der Waals surface area contributed by atoms with Crippen molar-refractivity contribution in [2.75, 3.05) is 10.6 Å². The Morgan fingerprint density at radius 1 is 1.05 bits per heavy atom. The number of unbranched alkanes of at least 4 members (excludes halogenated alkanes) is 2. The Balaban J connectivity index is 2.53. The molecule has 0 fully saturated rings. The highest BCUT2D eigenvalue weighted by atomic mass is 32.1. The van der Waals surface area contributed by atoms with Crippen molar-refractivity contribution in [3.05, 3.63) is 24.3 Å². The zero-order valence-corrected chi connectivity index (χ0v) is 13.9. The summed E-state index contributed by atoms with van der Waals surface area (Å²) in [5, 5.41) is 8.59. The summed E-state index contributed by atoms with van der Waals surface area (Å²) in [6.07, 6.45) is 3.94. The summed E-state index contributed by atoms with van der Waals surface area (Å²) in [4.78, 5) is 23.0. The normalized spacial score (nSPS) is 9.91. The first-order valence-electron chi connectivity index (χ1n) is 7.56. The number of benzene rings is 1. The Morgan fingerprint density at radius 2 is 1.73 bits per heavy atom. The van der Waals surface area contributed by atoms with E-state index in [-0.39, 0.29) is 16.9 Å². The van der Waals surface area contributed by atoms with Gasteiger partial charge >= 0.3 is 0 Å². The second-order valence-electron chi connectivity index (χ2n) is 4.94. The van der Waals surface area contributed by atoms with E-state index in [9.17, 15) is 9.59 Å². The van der Waals surface area contributed by atoms with E-state index in [1.165, 1.54) is 0 Å². The molecule has 120 valence electrons. The number of thiocarbonyl (C=S) groups is 1. The van der Waals surface area contributed by atoms with Crippen LogP contribution in [-0.2, 0) is 9.59 Å². The van der Waals surface area contributed by atoms with Gasteiger partial charge in [0, 0.05) is 24.2 Å². The molecule has 0 saturated heterocycles. The lowest BCUT2D eigenvalue weighted by atomic mass is 10.2. The molecule has 1 aromatic carbocycles. The summed E-state index contributed by atoms with van der Waals surface area (Å²) < 4.78 is 0. The molecule has 6 heteroatoms. The largest absolute Gasteiger partial charge is 0.332 e. The maximum absolute atomic E-state index is 11.8. The second-order valence-corrected chi connectivity index (χ2v) is 5.35. The van der Waals surface area contributed by atoms with Gasteiger partial charge in [-0.15, -0.1) is 0 Å². The number of hydrogen-bond acceptors (Lipinski definition) is 3. The lowest BCUT2D eigenvalue weighted by Crippen LogP contribution is -2.33. The van der Waals surface area contributed by atoms with Crippen LogP contribution >= 0.6 is 12.2 Å². The fourth-order valence-electron chi connectivity index (χ4n) is 1.81. The van der Waals surface area contributed by atoms with E-state index in [0.29, 0.717) is 24.2 Å². The molecular weight excluding hydrogens is 298 g/mol. The van der Waals surface area contributed by atoms with Crippen LogP contribution in [-0.4, -0.2) is 16.9 Å². The van der Waals surface area contributed by atoms with Crippen molar-refractivity contribution in [3.63, 3.8) is 0 Å². The van der Waals surface area contributed by atoms with E-state index in [2.05, 4.69) is 22.9 Å². The third-order valence-corrected chi connectivity index (χ3v) is 3.19. The minimum atomic E-state index is -0.141. The lowest BCUT2D eigenvalue weighted by Gasteiger charge is -2.11. The highest BCUT2D eigenvalue weighted by molar-refractivity contribution is 7.80. The average Bonchev–Trinajstić information content (AvgIpc) is 2.47. The topological polar surface area (TPSA) is 70.2 Å². The third kappa shape index (κ3) is 7.17. The lowest BCUT2D eigenvalue weighted by molar-refractivity contribution is -0.119. The first kappa shape index (κ1) is 18.1. The molecule has 1 rings (SSSR count). The van der Waals surface area contributed by atoms with E-state index in [0.717, 1.165) is 19.3 Å². The van der Waals surface area contributed by atoms with Gasteiger partial charge in [-0.3, -0.25) is 9.59 Å². The summed E-state index contributed by atoms with van der Waals surface area (Å²) in [7, 11) is 0. The van der Waals surface area contributed by atoms with Crippen LogP contribution in [0, 0.1) is 0 Å². The highest BCUT2D eigenvalue weighted by Gasteiger charge is 2.05. The Bertz CT molecular complexity index is 532. The van der Waals surface area contributed by atoms with Crippen LogP contribution in [0.3, 0.4) is 0 Å². The molecule has 0 bridgehead atoms. The van der Waals surface area contributed by atoms with Crippen molar-refractivity contribution < 1.29 is 9.59 Å². The molecule has 0 saturated carbocycles. The average molecular weight is 321 g/mol. The van der Waals surface area contributed by atoms with Crippen LogP contribution in [0.1, 0.15) is 46.0 Å². The van der Waals surface area contributed by atoms with Crippen LogP contribution in [0.25, 0.3) is 0 Å². The number of rotatable bonds is 7. The van der Waals surface area contributed by atoms with Gasteiger partial charge in [0.2, 0.25) is 11.8 Å². The monoisotopic (exact) mass is 321 g/mol. The van der Waals surface area contributed by atoms with Crippen LogP contribution < -0.4 is 16.0 Å². The molecule has 3 N–H and O–H groups in total. The van der Waals surface area contributed by atoms with Crippen molar-refractivity contribution in [2.45, 2.75) is 46.0 Å². The maximum atomic E-state index is 11.8. The van der Waals surface area contributed by atoms with Gasteiger partial charge in [0.1, 0.15) is 0 Å². The molecule has 5 nitrogen and oxygen atoms in total. The van der Waals surface area contributed by atoms with Gasteiger partial charge in [-0.1, -0.05) is 32.8 Å². The standard InChI is InChI=1S/C16H23N3O2S/c1-3-5-6-10-15(21)17-12-8-7-9-13(11-12)18-16(22)19-14(20)4-2/h7-9,11H,3-6,10H2,1-2H3,(H,17,21)(H2,18,19,20,22). The first-order valence-corrected chi connectivity index (χ1v) is 7.96. The molecular formula is C16H23N3O2S. The predicted molar refractivity (Wildman–Crippen MR) is 93.9 cm³/mol. The van der Waals surface area contributed by atoms with Crippen LogP contribution in [0.2, 0.25) is 0 Å². The Hall–Kier alpha value is -1.95. The van der Waals surface area contributed by atoms with E-state index in [1.54, 1.807) is 13.0 Å². The molecule has 0 atom stereocenters. The fraction of sp³-hybridized carbons (Fsp3) is 0.438. The van der Waals surface area contributed by atoms with Crippen molar-refractivity contribution in [1.82, 2.24) is 5.32 Å². The minimum Gasteiger partial charge on any atom is -0.332 e. The molecule has 0 aliphatic heterocycles. The van der Waals surface area contributed by atoms with Gasteiger partial charge in [0.15, 0.2) is 5.11 Å². The summed E-state index contributed by atoms with van der Waals surface area (Å²) in [6, 6.07) is 7.23. The number of anilines is 2. The van der Waals surface area contributed by atoms with Gasteiger partial charge in [-0.25, -0.2) is 0 Å². The molecule has 0 aliphatic rings. The third-order valence-electron chi connectivity index (χ3n) is 2.99. The minimum absolute atomic E-state index is 0.00691. The maximum Gasteiger partial charge on any atom is 0.225 e. The molecule has 2 amide bonds. The molecule has 0 unspecified atom stereocenters. The quantitative estimate of drug-likeness (QED) is 0.531. The zero-order chi connectivity index (χ0) is 16.4. The predicted octanol–water partition coefficient (Wildman–Crippen LogP) is 3.43. The van der Waals surface area contributed by atoms with Gasteiger partial charge in [-0.2, -0.15) is 0 Å². The van der Waals surface area contributed by atoms with E-state index in [4.69, 9.17) is 12.2 Å². The van der Waals surface area contributed by atoms with Crippen LogP contribution in [0.4, 0.5) is 11.4 Å². The smallest absolute Gasteiger partial charge is 0.225 e. The summed E-state index contributed by atoms with van der Waals surface area (Å²) in [5.41, 5.74) is 1.42. The molecule has 0 spiro atoms. The van der Waals surface area contributed by atoms with Crippen LogP contribution in [0.5, 0.6) is 0 Å². The zero-order valence-electron chi connectivity index (χ0n) is 13.1. The number of amides is 2. The first-order chi connectivity index (χ1) is 10.5. The Labute approximate surface area is 136 Å². The Kier molecular flexibility index (Phi) is 8.14. The van der Waals surface area contributed by atoms with E-state index in [1.807, 2.05) is 18.2 Å². The van der Waals surface area contributed by atoms with E-state index >= 15 is 0 Å². The summed E-state index contributed by atoms with van der Waals surface area (Å²) in [5.74, 6) is -0.134. The number of hydrogen-bond donors (Lipinski definition) is 3. The van der Waals surface area contributed by atoms with Crippen molar-refractivity contribution >= 4 is 40.5 Å². The van der Waals surface area contributed by atoms with Gasteiger partial charge < -0.3 is 16.0 Å². The number of carbonyl (C=O) groups excluding carboxylic acids is 2. The molecule has 22 heavy (non-hydrogen) atoms. The molecule has 1 aromatic rings. The van der Waals surface area contributed by atoms with Crippen molar-refractivity contribution in [1.29, 1.82) is 0 Å². The van der Waals surface area contributed by atoms with Gasteiger partial charge in [-0.05, 0) is 36.8 Å². The number of nitrogens with one attached hydrogen (secondary N) is 3. The second kappa shape index (κ2) is 9.89. The molecule has 0 aromatic heterocycles. The van der Waals surface area contributed by atoms with Gasteiger partial charge in [0.05, 0.1) is 0 Å². The SMILES string of the molecule is CCCCCC(=O)Nc1cccc(NC(=S)NC(=O)CC)c1.